The number of aromatic nitrogens is 1. The maximum Gasteiger partial charge on any atom is 0.125 e. The van der Waals surface area contributed by atoms with Crippen LogP contribution in [0.1, 0.15) is 30.0 Å². The van der Waals surface area contributed by atoms with E-state index in [9.17, 15) is 4.39 Å². The number of fused-ring (bicyclic) bond motifs is 1. The molecular weight excluding hydrogens is 203 g/mol. The van der Waals surface area contributed by atoms with Gasteiger partial charge in [-0.05, 0) is 36.6 Å². The maximum absolute atomic E-state index is 13.1. The highest BCUT2D eigenvalue weighted by molar-refractivity contribution is 5.82. The van der Waals surface area contributed by atoms with Crippen molar-refractivity contribution in [2.24, 2.45) is 5.73 Å². The van der Waals surface area contributed by atoms with Crippen LogP contribution in [-0.2, 0) is 6.54 Å². The first-order chi connectivity index (χ1) is 7.78. The van der Waals surface area contributed by atoms with E-state index in [1.54, 1.807) is 6.07 Å². The second-order valence-electron chi connectivity index (χ2n) is 4.35. The summed E-state index contributed by atoms with van der Waals surface area (Å²) in [5.74, 6) is 0.328. The number of benzene rings is 1. The fourth-order valence-electron chi connectivity index (χ4n) is 2.05. The van der Waals surface area contributed by atoms with Gasteiger partial charge in [-0.3, -0.25) is 4.98 Å². The summed E-state index contributed by atoms with van der Waals surface area (Å²) in [5.41, 5.74) is 8.58. The molecule has 0 unspecified atom stereocenters. The minimum atomic E-state index is -0.240. The molecule has 0 saturated heterocycles. The van der Waals surface area contributed by atoms with Crippen molar-refractivity contribution in [1.82, 2.24) is 4.98 Å². The Morgan fingerprint density at radius 3 is 2.81 bits per heavy atom. The quantitative estimate of drug-likeness (QED) is 0.838. The third-order valence-corrected chi connectivity index (χ3v) is 3.09. The minimum Gasteiger partial charge on any atom is -0.326 e. The number of hydrogen-bond donors (Lipinski definition) is 1. The van der Waals surface area contributed by atoms with E-state index in [1.165, 1.54) is 25.0 Å². The van der Waals surface area contributed by atoms with Gasteiger partial charge in [-0.1, -0.05) is 0 Å². The largest absolute Gasteiger partial charge is 0.326 e. The molecule has 16 heavy (non-hydrogen) atoms. The van der Waals surface area contributed by atoms with Crippen molar-refractivity contribution >= 4 is 10.9 Å². The van der Waals surface area contributed by atoms with Gasteiger partial charge >= 0.3 is 0 Å². The van der Waals surface area contributed by atoms with Crippen molar-refractivity contribution in [3.8, 4) is 0 Å². The van der Waals surface area contributed by atoms with Crippen LogP contribution in [-0.4, -0.2) is 4.98 Å². The van der Waals surface area contributed by atoms with Crippen molar-refractivity contribution in [3.05, 3.63) is 41.3 Å². The van der Waals surface area contributed by atoms with E-state index < -0.39 is 0 Å². The summed E-state index contributed by atoms with van der Waals surface area (Å²) < 4.78 is 13.1. The number of rotatable bonds is 2. The molecule has 0 bridgehead atoms. The number of hydrogen-bond acceptors (Lipinski definition) is 2. The molecule has 1 saturated carbocycles. The molecule has 3 heteroatoms. The molecule has 1 heterocycles. The van der Waals surface area contributed by atoms with E-state index >= 15 is 0 Å². The van der Waals surface area contributed by atoms with Gasteiger partial charge in [0, 0.05) is 29.6 Å². The Hall–Kier alpha value is -1.48. The molecule has 1 aromatic heterocycles. The predicted molar refractivity (Wildman–Crippen MR) is 61.6 cm³/mol. The summed E-state index contributed by atoms with van der Waals surface area (Å²) in [5, 5.41) is 0.966. The molecule has 1 fully saturated rings. The molecule has 1 aliphatic carbocycles. The molecule has 2 nitrogen and oxygen atoms in total. The van der Waals surface area contributed by atoms with E-state index in [4.69, 9.17) is 5.73 Å². The standard InChI is InChI=1S/C13H13FN2/c14-10-3-4-11-9(7-15)5-12(8-1-2-8)16-13(11)6-10/h3-6,8H,1-2,7,15H2. The van der Waals surface area contributed by atoms with Gasteiger partial charge in [0.25, 0.3) is 0 Å². The molecule has 3 rings (SSSR count). The van der Waals surface area contributed by atoms with Crippen LogP contribution in [0.2, 0.25) is 0 Å². The van der Waals surface area contributed by atoms with Crippen LogP contribution in [0.4, 0.5) is 4.39 Å². The van der Waals surface area contributed by atoms with Crippen molar-refractivity contribution in [1.29, 1.82) is 0 Å². The average molecular weight is 216 g/mol. The van der Waals surface area contributed by atoms with Gasteiger partial charge in [-0.2, -0.15) is 0 Å². The predicted octanol–water partition coefficient (Wildman–Crippen LogP) is 2.71. The molecule has 1 aliphatic rings. The molecule has 0 aliphatic heterocycles. The third kappa shape index (κ3) is 1.57. The lowest BCUT2D eigenvalue weighted by atomic mass is 10.1. The summed E-state index contributed by atoms with van der Waals surface area (Å²) in [6.07, 6.45) is 2.38. The highest BCUT2D eigenvalue weighted by atomic mass is 19.1. The number of nitrogens with two attached hydrogens (primary N) is 1. The fourth-order valence-corrected chi connectivity index (χ4v) is 2.05. The van der Waals surface area contributed by atoms with Crippen LogP contribution < -0.4 is 5.73 Å². The van der Waals surface area contributed by atoms with Crippen LogP contribution in [0.15, 0.2) is 24.3 Å². The van der Waals surface area contributed by atoms with Crippen LogP contribution in [0, 0.1) is 5.82 Å². The van der Waals surface area contributed by atoms with Crippen molar-refractivity contribution in [2.75, 3.05) is 0 Å². The first-order valence-electron chi connectivity index (χ1n) is 5.57. The van der Waals surface area contributed by atoms with Gasteiger partial charge in [0.15, 0.2) is 0 Å². The number of pyridine rings is 1. The fraction of sp³-hybridized carbons (Fsp3) is 0.308. The molecule has 82 valence electrons. The summed E-state index contributed by atoms with van der Waals surface area (Å²) in [6, 6.07) is 6.77. The topological polar surface area (TPSA) is 38.9 Å². The molecule has 0 spiro atoms. The Balaban J connectivity index is 2.26. The minimum absolute atomic E-state index is 0.240. The normalized spacial score (nSPS) is 15.6. The lowest BCUT2D eigenvalue weighted by molar-refractivity contribution is 0.629. The van der Waals surface area contributed by atoms with Crippen molar-refractivity contribution in [3.63, 3.8) is 0 Å². The van der Waals surface area contributed by atoms with Crippen LogP contribution in [0.5, 0.6) is 0 Å². The second-order valence-corrected chi connectivity index (χ2v) is 4.35. The van der Waals surface area contributed by atoms with Crippen LogP contribution >= 0.6 is 0 Å². The highest BCUT2D eigenvalue weighted by Crippen LogP contribution is 2.40. The monoisotopic (exact) mass is 216 g/mol. The Kier molecular flexibility index (Phi) is 2.14. The smallest absolute Gasteiger partial charge is 0.125 e. The van der Waals surface area contributed by atoms with E-state index in [0.717, 1.165) is 22.2 Å². The Bertz CT molecular complexity index is 547. The SMILES string of the molecule is NCc1cc(C2CC2)nc2cc(F)ccc12. The van der Waals surface area contributed by atoms with E-state index in [1.807, 2.05) is 0 Å². The van der Waals surface area contributed by atoms with Gasteiger partial charge in [-0.15, -0.1) is 0 Å². The molecule has 1 aromatic carbocycles. The molecule has 2 aromatic rings. The molecule has 2 N–H and O–H groups in total. The van der Waals surface area contributed by atoms with E-state index in [0.29, 0.717) is 12.5 Å². The van der Waals surface area contributed by atoms with Crippen LogP contribution in [0.3, 0.4) is 0 Å². The van der Waals surface area contributed by atoms with Crippen molar-refractivity contribution in [2.45, 2.75) is 25.3 Å². The maximum atomic E-state index is 13.1. The van der Waals surface area contributed by atoms with Gasteiger partial charge < -0.3 is 5.73 Å². The van der Waals surface area contributed by atoms with Crippen LogP contribution in [0.25, 0.3) is 10.9 Å². The molecule has 0 radical (unpaired) electrons. The van der Waals surface area contributed by atoms with Gasteiger partial charge in [0.05, 0.1) is 5.52 Å². The summed E-state index contributed by atoms with van der Waals surface area (Å²) in [6.45, 7) is 0.477. The molecule has 0 atom stereocenters. The van der Waals surface area contributed by atoms with Gasteiger partial charge in [0.1, 0.15) is 5.82 Å². The average Bonchev–Trinajstić information content (AvgIpc) is 3.10. The zero-order valence-electron chi connectivity index (χ0n) is 8.91. The summed E-state index contributed by atoms with van der Waals surface area (Å²) in [7, 11) is 0. The number of nitrogens with zero attached hydrogens (tertiary/aromatic N) is 1. The summed E-state index contributed by atoms with van der Waals surface area (Å²) >= 11 is 0. The first-order valence-corrected chi connectivity index (χ1v) is 5.57. The lowest BCUT2D eigenvalue weighted by Crippen LogP contribution is -2.01. The van der Waals surface area contributed by atoms with Crippen molar-refractivity contribution < 1.29 is 4.39 Å². The Morgan fingerprint density at radius 2 is 2.12 bits per heavy atom. The van der Waals surface area contributed by atoms with Gasteiger partial charge in [0.2, 0.25) is 0 Å². The number of halogens is 1. The Labute approximate surface area is 93.3 Å². The van der Waals surface area contributed by atoms with Gasteiger partial charge in [-0.25, -0.2) is 4.39 Å². The zero-order valence-corrected chi connectivity index (χ0v) is 8.91. The zero-order chi connectivity index (χ0) is 11.1. The first kappa shape index (κ1) is 9.73. The second kappa shape index (κ2) is 3.52. The summed E-state index contributed by atoms with van der Waals surface area (Å²) in [4.78, 5) is 4.51. The highest BCUT2D eigenvalue weighted by Gasteiger charge is 2.25. The van der Waals surface area contributed by atoms with E-state index in [2.05, 4.69) is 11.1 Å². The Morgan fingerprint density at radius 1 is 1.31 bits per heavy atom. The van der Waals surface area contributed by atoms with E-state index in [-0.39, 0.29) is 5.82 Å². The lowest BCUT2D eigenvalue weighted by Gasteiger charge is -2.07. The molecular formula is C13H13FN2. The molecule has 0 amide bonds. The third-order valence-electron chi connectivity index (χ3n) is 3.09.